The summed E-state index contributed by atoms with van der Waals surface area (Å²) in [5.41, 5.74) is 2.28. The maximum absolute atomic E-state index is 13.0. The third-order valence-corrected chi connectivity index (χ3v) is 6.49. The maximum atomic E-state index is 13.0. The summed E-state index contributed by atoms with van der Waals surface area (Å²) in [5, 5.41) is 19.1. The van der Waals surface area contributed by atoms with Gasteiger partial charge < -0.3 is 9.80 Å². The van der Waals surface area contributed by atoms with Crippen molar-refractivity contribution in [1.82, 2.24) is 14.5 Å². The molecule has 2 aliphatic rings. The average molecular weight is 425 g/mol. The number of rotatable bonds is 3. The van der Waals surface area contributed by atoms with Crippen molar-refractivity contribution in [2.75, 3.05) is 36.0 Å². The zero-order valence-electron chi connectivity index (χ0n) is 17.7. The van der Waals surface area contributed by atoms with E-state index in [0.29, 0.717) is 17.2 Å². The van der Waals surface area contributed by atoms with Gasteiger partial charge in [-0.25, -0.2) is 4.98 Å². The summed E-state index contributed by atoms with van der Waals surface area (Å²) in [6, 6.07) is 13.5. The molecule has 0 radical (unpaired) electrons. The Kier molecular flexibility index (Phi) is 5.20. The highest BCUT2D eigenvalue weighted by Gasteiger charge is 2.24. The molecule has 0 spiro atoms. The van der Waals surface area contributed by atoms with Crippen LogP contribution in [0.3, 0.4) is 0 Å². The summed E-state index contributed by atoms with van der Waals surface area (Å²) in [5.74, 6) is 0.618. The molecule has 1 saturated heterocycles. The minimum absolute atomic E-state index is 0.0919. The summed E-state index contributed by atoms with van der Waals surface area (Å²) < 4.78 is 1.74. The van der Waals surface area contributed by atoms with Gasteiger partial charge >= 0.3 is 0 Å². The maximum Gasteiger partial charge on any atom is 0.270 e. The summed E-state index contributed by atoms with van der Waals surface area (Å²) in [7, 11) is 0. The van der Waals surface area contributed by atoms with Gasteiger partial charge in [0.25, 0.3) is 5.56 Å². The normalized spacial score (nSPS) is 16.8. The molecule has 1 aromatic carbocycles. The van der Waals surface area contributed by atoms with Gasteiger partial charge in [0.15, 0.2) is 0 Å². The minimum Gasteiger partial charge on any atom is -0.368 e. The Morgan fingerprint density at radius 2 is 1.62 bits per heavy atom. The first kappa shape index (κ1) is 20.0. The molecule has 1 saturated carbocycles. The second-order valence-electron chi connectivity index (χ2n) is 8.36. The monoisotopic (exact) mass is 425 g/mol. The van der Waals surface area contributed by atoms with Crippen molar-refractivity contribution in [3.63, 3.8) is 0 Å². The highest BCUT2D eigenvalue weighted by atomic mass is 16.1. The van der Waals surface area contributed by atoms with Gasteiger partial charge in [-0.05, 0) is 43.2 Å². The lowest BCUT2D eigenvalue weighted by Gasteiger charge is -2.36. The first-order valence-corrected chi connectivity index (χ1v) is 11.0. The molecule has 0 amide bonds. The van der Waals surface area contributed by atoms with Crippen LogP contribution >= 0.6 is 0 Å². The lowest BCUT2D eigenvalue weighted by atomic mass is 10.2. The Balaban J connectivity index is 1.43. The van der Waals surface area contributed by atoms with E-state index in [9.17, 15) is 10.1 Å². The van der Waals surface area contributed by atoms with E-state index in [0.717, 1.165) is 62.9 Å². The average Bonchev–Trinajstić information content (AvgIpc) is 3.38. The van der Waals surface area contributed by atoms with E-state index in [2.05, 4.69) is 20.9 Å². The lowest BCUT2D eigenvalue weighted by Crippen LogP contribution is -2.47. The number of hydrogen-bond acceptors (Lipinski definition) is 7. The van der Waals surface area contributed by atoms with Crippen molar-refractivity contribution in [3.05, 3.63) is 58.0 Å². The van der Waals surface area contributed by atoms with E-state index < -0.39 is 0 Å². The van der Waals surface area contributed by atoms with E-state index in [4.69, 9.17) is 10.2 Å². The van der Waals surface area contributed by atoms with E-state index in [1.807, 2.05) is 30.3 Å². The molecule has 160 valence electrons. The highest BCUT2D eigenvalue weighted by Crippen LogP contribution is 2.31. The van der Waals surface area contributed by atoms with Crippen LogP contribution in [0.1, 0.15) is 42.9 Å². The Morgan fingerprint density at radius 1 is 0.938 bits per heavy atom. The number of piperazine rings is 1. The van der Waals surface area contributed by atoms with E-state index in [1.54, 1.807) is 16.8 Å². The van der Waals surface area contributed by atoms with Crippen molar-refractivity contribution >= 4 is 22.7 Å². The van der Waals surface area contributed by atoms with Crippen molar-refractivity contribution in [1.29, 1.82) is 10.5 Å². The molecule has 3 aromatic rings. The van der Waals surface area contributed by atoms with Crippen LogP contribution in [0.25, 0.3) is 11.0 Å². The fourth-order valence-corrected chi connectivity index (χ4v) is 4.76. The van der Waals surface area contributed by atoms with Gasteiger partial charge in [0.2, 0.25) is 5.95 Å². The molecule has 8 heteroatoms. The van der Waals surface area contributed by atoms with Gasteiger partial charge in [-0.3, -0.25) is 9.36 Å². The largest absolute Gasteiger partial charge is 0.368 e. The van der Waals surface area contributed by atoms with Crippen LogP contribution in [-0.4, -0.2) is 40.7 Å². The number of fused-ring (bicyclic) bond motifs is 1. The molecule has 0 bridgehead atoms. The Hall–Kier alpha value is -3.91. The van der Waals surface area contributed by atoms with Crippen molar-refractivity contribution in [2.45, 2.75) is 31.7 Å². The van der Waals surface area contributed by atoms with Gasteiger partial charge in [0, 0.05) is 49.5 Å². The fraction of sp³-hybridized carbons (Fsp3) is 0.375. The van der Waals surface area contributed by atoms with Crippen molar-refractivity contribution in [2.24, 2.45) is 0 Å². The van der Waals surface area contributed by atoms with Crippen LogP contribution in [-0.2, 0) is 0 Å². The molecule has 1 aliphatic carbocycles. The molecule has 8 nitrogen and oxygen atoms in total. The topological polar surface area (TPSA) is 102 Å². The molecule has 0 N–H and O–H groups in total. The number of nitrogens with zero attached hydrogens (tertiary/aromatic N) is 7. The molecular weight excluding hydrogens is 402 g/mol. The third kappa shape index (κ3) is 3.54. The Bertz CT molecular complexity index is 1290. The molecule has 32 heavy (non-hydrogen) atoms. The second kappa shape index (κ2) is 8.32. The molecule has 3 heterocycles. The van der Waals surface area contributed by atoms with E-state index in [-0.39, 0.29) is 17.2 Å². The van der Waals surface area contributed by atoms with Gasteiger partial charge in [-0.15, -0.1) is 0 Å². The van der Waals surface area contributed by atoms with Crippen molar-refractivity contribution < 1.29 is 0 Å². The first-order valence-electron chi connectivity index (χ1n) is 11.0. The predicted molar refractivity (Wildman–Crippen MR) is 122 cm³/mol. The number of anilines is 2. The number of pyridine rings is 1. The number of aromatic nitrogens is 3. The molecule has 1 aliphatic heterocycles. The number of hydrogen-bond donors (Lipinski definition) is 0. The first-order chi connectivity index (χ1) is 15.7. The fourth-order valence-electron chi connectivity index (χ4n) is 4.76. The van der Waals surface area contributed by atoms with E-state index >= 15 is 0 Å². The Labute approximate surface area is 186 Å². The lowest BCUT2D eigenvalue weighted by molar-refractivity contribution is 0.514. The Morgan fingerprint density at radius 3 is 2.28 bits per heavy atom. The van der Waals surface area contributed by atoms with Crippen LogP contribution in [0, 0.1) is 22.7 Å². The summed E-state index contributed by atoms with van der Waals surface area (Å²) in [4.78, 5) is 26.8. The van der Waals surface area contributed by atoms with Gasteiger partial charge in [-0.2, -0.15) is 15.5 Å². The van der Waals surface area contributed by atoms with Crippen LogP contribution < -0.4 is 15.4 Å². The SMILES string of the molecule is N#Cc1ccc(N2CCN(c3ncc4cc(C#N)c(=O)n(C5CCCC5)c4n3)CC2)cc1. The molecule has 5 rings (SSSR count). The van der Waals surface area contributed by atoms with Crippen LogP contribution in [0.4, 0.5) is 11.6 Å². The van der Waals surface area contributed by atoms with Crippen LogP contribution in [0.5, 0.6) is 0 Å². The second-order valence-corrected chi connectivity index (χ2v) is 8.36. The van der Waals surface area contributed by atoms with E-state index in [1.165, 1.54) is 0 Å². The molecule has 0 atom stereocenters. The zero-order valence-corrected chi connectivity index (χ0v) is 17.7. The highest BCUT2D eigenvalue weighted by molar-refractivity contribution is 5.77. The smallest absolute Gasteiger partial charge is 0.270 e. The van der Waals surface area contributed by atoms with Crippen LogP contribution in [0.15, 0.2) is 41.3 Å². The van der Waals surface area contributed by atoms with Crippen LogP contribution in [0.2, 0.25) is 0 Å². The van der Waals surface area contributed by atoms with Gasteiger partial charge in [-0.1, -0.05) is 12.8 Å². The number of nitriles is 2. The zero-order chi connectivity index (χ0) is 22.1. The summed E-state index contributed by atoms with van der Waals surface area (Å²) in [6.45, 7) is 3.15. The van der Waals surface area contributed by atoms with Gasteiger partial charge in [0.05, 0.1) is 11.6 Å². The predicted octanol–water partition coefficient (Wildman–Crippen LogP) is 2.98. The summed E-state index contributed by atoms with van der Waals surface area (Å²) >= 11 is 0. The quantitative estimate of drug-likeness (QED) is 0.636. The molecular formula is C24H23N7O. The minimum atomic E-state index is -0.248. The summed E-state index contributed by atoms with van der Waals surface area (Å²) in [6.07, 6.45) is 5.78. The van der Waals surface area contributed by atoms with Crippen molar-refractivity contribution in [3.8, 4) is 12.1 Å². The molecule has 2 fully saturated rings. The molecule has 2 aromatic heterocycles. The molecule has 0 unspecified atom stereocenters. The third-order valence-electron chi connectivity index (χ3n) is 6.49. The van der Waals surface area contributed by atoms with Gasteiger partial charge in [0.1, 0.15) is 17.3 Å². The number of benzene rings is 1. The standard InChI is InChI=1S/C24H23N7O/c25-14-17-5-7-20(8-6-17)29-9-11-30(12-10-29)24-27-16-19-13-18(15-26)23(32)31(22(19)28-24)21-3-1-2-4-21/h5-8,13,16,21H,1-4,9-12H2.